The molecule has 3 rings (SSSR count). The van der Waals surface area contributed by atoms with Crippen molar-refractivity contribution in [3.8, 4) is 0 Å². The maximum atomic E-state index is 13.6. The number of hydrogen-bond donors (Lipinski definition) is 0. The van der Waals surface area contributed by atoms with E-state index < -0.39 is 73.5 Å². The molecule has 0 N–H and O–H groups in total. The van der Waals surface area contributed by atoms with Gasteiger partial charge in [-0.3, -0.25) is 4.90 Å². The molecule has 2 aliphatic heterocycles. The number of likely N-dealkylation sites (tertiary alicyclic amines) is 1. The molecule has 1 fully saturated rings. The van der Waals surface area contributed by atoms with Crippen molar-refractivity contribution < 1.29 is 42.9 Å². The van der Waals surface area contributed by atoms with Crippen molar-refractivity contribution in [1.82, 2.24) is 4.90 Å². The molecule has 252 valence electrons. The number of methoxy groups -OCH3 is 1. The molecule has 20 heteroatoms. The third-order valence-corrected chi connectivity index (χ3v) is 7.65. The third-order valence-electron chi connectivity index (χ3n) is 6.66. The minimum atomic E-state index is -1.90. The van der Waals surface area contributed by atoms with Crippen LogP contribution in [-0.4, -0.2) is 86.7 Å². The van der Waals surface area contributed by atoms with Gasteiger partial charge in [-0.05, 0) is 43.0 Å². The molecule has 3 atom stereocenters. The number of alkyl halides is 9. The maximum absolute atomic E-state index is 13.6. The first-order valence-corrected chi connectivity index (χ1v) is 16.3. The lowest BCUT2D eigenvalue weighted by Gasteiger charge is -2.45. The van der Waals surface area contributed by atoms with E-state index in [1.165, 1.54) is 35.1 Å². The molecule has 0 unspecified atom stereocenters. The second-order valence-electron chi connectivity index (χ2n) is 9.78. The Morgan fingerprint density at radius 1 is 0.822 bits per heavy atom. The zero-order chi connectivity index (χ0) is 33.7. The van der Waals surface area contributed by atoms with Crippen molar-refractivity contribution in [2.45, 2.75) is 42.7 Å². The van der Waals surface area contributed by atoms with Gasteiger partial charge in [0, 0.05) is 18.5 Å². The number of carbonyl (C=O) groups is 4. The Labute approximate surface area is 303 Å². The van der Waals surface area contributed by atoms with Crippen LogP contribution in [0.15, 0.2) is 18.2 Å². The highest BCUT2D eigenvalue weighted by Gasteiger charge is 2.51. The third kappa shape index (κ3) is 11.4. The zero-order valence-corrected chi connectivity index (χ0v) is 29.9. The molecule has 1 aromatic rings. The van der Waals surface area contributed by atoms with E-state index in [0.29, 0.717) is 17.7 Å². The van der Waals surface area contributed by atoms with Crippen LogP contribution >= 0.6 is 104 Å². The zero-order valence-electron chi connectivity index (χ0n) is 23.1. The van der Waals surface area contributed by atoms with Gasteiger partial charge >= 0.3 is 24.3 Å². The minimum Gasteiger partial charge on any atom is -0.465 e. The lowest BCUT2D eigenvalue weighted by molar-refractivity contribution is 0.0538. The maximum Gasteiger partial charge on any atom is 0.508 e. The Hall–Kier alpha value is -0.890. The predicted molar refractivity (Wildman–Crippen MR) is 172 cm³/mol. The summed E-state index contributed by atoms with van der Waals surface area (Å²) < 4.78 is 19.7. The van der Waals surface area contributed by atoms with Crippen LogP contribution in [0.25, 0.3) is 0 Å². The smallest absolute Gasteiger partial charge is 0.465 e. The van der Waals surface area contributed by atoms with Crippen molar-refractivity contribution in [3.05, 3.63) is 29.3 Å². The highest BCUT2D eigenvalue weighted by atomic mass is 35.6. The molecule has 0 aromatic heterocycles. The number of fused-ring (bicyclic) bond motifs is 3. The number of rotatable bonds is 8. The number of anilines is 1. The molecule has 0 aliphatic carbocycles. The first-order chi connectivity index (χ1) is 20.8. The van der Waals surface area contributed by atoms with Gasteiger partial charge in [0.25, 0.3) is 0 Å². The highest BCUT2D eigenvalue weighted by Crippen LogP contribution is 2.51. The van der Waals surface area contributed by atoms with Gasteiger partial charge in [-0.2, -0.15) is 0 Å². The number of halogens is 9. The van der Waals surface area contributed by atoms with Gasteiger partial charge in [0.15, 0.2) is 0 Å². The first kappa shape index (κ1) is 38.6. The lowest BCUT2D eigenvalue weighted by atomic mass is 9.79. The Bertz CT molecular complexity index is 1250. The molecule has 1 saturated heterocycles. The van der Waals surface area contributed by atoms with Crippen molar-refractivity contribution in [3.63, 3.8) is 0 Å². The van der Waals surface area contributed by atoms with Gasteiger partial charge in [-0.25, -0.2) is 19.2 Å². The fourth-order valence-corrected chi connectivity index (χ4v) is 5.59. The molecule has 45 heavy (non-hydrogen) atoms. The second-order valence-corrected chi connectivity index (χ2v) is 17.3. The SMILES string of the molecule is COC(=O)c1ccc2c(c1)[C@@H]1[C@@H](CCN1C(=O)OCC(Cl)(Cl)Cl)[C@H](CCCOC(=O)OCC(Cl)(Cl)Cl)N2C(=O)OCC(Cl)(Cl)Cl. The molecular formula is C25H25Cl9N2O9. The topological polar surface area (TPSA) is 121 Å². The summed E-state index contributed by atoms with van der Waals surface area (Å²) in [5.41, 5.74) is 0.874. The highest BCUT2D eigenvalue weighted by molar-refractivity contribution is 6.68. The van der Waals surface area contributed by atoms with Crippen molar-refractivity contribution in [1.29, 1.82) is 0 Å². The molecule has 0 bridgehead atoms. The van der Waals surface area contributed by atoms with E-state index in [4.69, 9.17) is 128 Å². The van der Waals surface area contributed by atoms with Crippen LogP contribution in [0.3, 0.4) is 0 Å². The summed E-state index contributed by atoms with van der Waals surface area (Å²) >= 11 is 51.6. The quantitative estimate of drug-likeness (QED) is 0.110. The van der Waals surface area contributed by atoms with E-state index in [1.54, 1.807) is 0 Å². The molecule has 1 aromatic carbocycles. The van der Waals surface area contributed by atoms with Gasteiger partial charge in [-0.15, -0.1) is 0 Å². The molecule has 0 spiro atoms. The fraction of sp³-hybridized carbons (Fsp3) is 0.600. The number of esters is 1. The van der Waals surface area contributed by atoms with Crippen molar-refractivity contribution in [2.24, 2.45) is 5.92 Å². The largest absolute Gasteiger partial charge is 0.508 e. The van der Waals surface area contributed by atoms with E-state index in [-0.39, 0.29) is 31.6 Å². The van der Waals surface area contributed by atoms with Crippen LogP contribution in [-0.2, 0) is 23.7 Å². The van der Waals surface area contributed by atoms with E-state index >= 15 is 0 Å². The number of carbonyl (C=O) groups excluding carboxylic acids is 4. The van der Waals surface area contributed by atoms with Crippen LogP contribution < -0.4 is 4.90 Å². The van der Waals surface area contributed by atoms with E-state index in [9.17, 15) is 19.2 Å². The summed E-state index contributed by atoms with van der Waals surface area (Å²) in [6, 6.07) is 3.11. The number of hydrogen-bond acceptors (Lipinski definition) is 9. The second kappa shape index (κ2) is 16.0. The van der Waals surface area contributed by atoms with Gasteiger partial charge < -0.3 is 28.6 Å². The van der Waals surface area contributed by atoms with Gasteiger partial charge in [-0.1, -0.05) is 104 Å². The molecular weight excluding hydrogens is 791 g/mol. The Morgan fingerprint density at radius 2 is 1.40 bits per heavy atom. The first-order valence-electron chi connectivity index (χ1n) is 12.9. The predicted octanol–water partition coefficient (Wildman–Crippen LogP) is 8.34. The molecule has 0 saturated carbocycles. The Morgan fingerprint density at radius 3 is 1.98 bits per heavy atom. The average molecular weight is 817 g/mol. The Balaban J connectivity index is 1.96. The molecule has 2 heterocycles. The number of nitrogens with zero attached hydrogens (tertiary/aromatic N) is 2. The summed E-state index contributed by atoms with van der Waals surface area (Å²) in [5.74, 6) is -1.09. The Kier molecular flexibility index (Phi) is 13.7. The fourth-order valence-electron chi connectivity index (χ4n) is 5.10. The number of amides is 2. The van der Waals surface area contributed by atoms with E-state index in [0.717, 1.165) is 0 Å². The monoisotopic (exact) mass is 812 g/mol. The lowest BCUT2D eigenvalue weighted by Crippen LogP contribution is -2.51. The van der Waals surface area contributed by atoms with Crippen molar-refractivity contribution >= 4 is 134 Å². The van der Waals surface area contributed by atoms with E-state index in [1.807, 2.05) is 0 Å². The summed E-state index contributed by atoms with van der Waals surface area (Å²) in [5, 5.41) is 0. The number of benzene rings is 1. The van der Waals surface area contributed by atoms with Gasteiger partial charge in [0.1, 0.15) is 19.8 Å². The molecule has 0 radical (unpaired) electrons. The summed E-state index contributed by atoms with van der Waals surface area (Å²) in [7, 11) is 1.21. The summed E-state index contributed by atoms with van der Waals surface area (Å²) in [6.07, 6.45) is -1.88. The van der Waals surface area contributed by atoms with E-state index in [2.05, 4.69) is 0 Å². The van der Waals surface area contributed by atoms with Crippen LogP contribution in [0.5, 0.6) is 0 Å². The number of ether oxygens (including phenoxy) is 5. The average Bonchev–Trinajstić information content (AvgIpc) is 3.39. The van der Waals surface area contributed by atoms with Crippen molar-refractivity contribution in [2.75, 3.05) is 45.0 Å². The minimum absolute atomic E-state index is 0.132. The van der Waals surface area contributed by atoms with Crippen LogP contribution in [0.2, 0.25) is 0 Å². The summed E-state index contributed by atoms with van der Waals surface area (Å²) in [6.45, 7) is -1.57. The molecule has 2 aliphatic rings. The molecule has 11 nitrogen and oxygen atoms in total. The van der Waals surface area contributed by atoms with Crippen LogP contribution in [0, 0.1) is 5.92 Å². The normalized spacial score (nSPS) is 19.7. The summed E-state index contributed by atoms with van der Waals surface area (Å²) in [4.78, 5) is 53.9. The standard InChI is InChI=1S/C25H25Cl9N2O9/c1-41-19(37)13-4-5-17-15(9-13)18-14(6-7-35(18)20(38)43-10-23(26,27)28)16(36(17)21(39)44-11-24(29,30)31)3-2-8-42-22(40)45-12-25(32,33)34/h4-5,9,14,16,18H,2-3,6-8,10-12H2,1H3/t14-,16-,18-/m0/s1. The van der Waals surface area contributed by atoms with Gasteiger partial charge in [0.2, 0.25) is 11.4 Å². The van der Waals surface area contributed by atoms with Crippen LogP contribution in [0.1, 0.15) is 41.2 Å². The van der Waals surface area contributed by atoms with Gasteiger partial charge in [0.05, 0.1) is 31.0 Å². The molecule has 2 amide bonds. The van der Waals surface area contributed by atoms with Crippen LogP contribution in [0.4, 0.5) is 20.1 Å².